The number of pyridine rings is 1. The lowest BCUT2D eigenvalue weighted by atomic mass is 10.4. The van der Waals surface area contributed by atoms with Crippen molar-refractivity contribution in [1.82, 2.24) is 4.98 Å². The molecule has 0 fully saturated rings. The van der Waals surface area contributed by atoms with Crippen LogP contribution in [0, 0.1) is 0 Å². The van der Waals surface area contributed by atoms with E-state index >= 15 is 0 Å². The quantitative estimate of drug-likeness (QED) is 0.773. The summed E-state index contributed by atoms with van der Waals surface area (Å²) in [5.74, 6) is 0.776. The van der Waals surface area contributed by atoms with Gasteiger partial charge in [0.2, 0.25) is 0 Å². The summed E-state index contributed by atoms with van der Waals surface area (Å²) >= 11 is 8.40. The minimum Gasteiger partial charge on any atom is -0.486 e. The number of halogens is 2. The molecule has 2 aromatic rings. The fourth-order valence-electron chi connectivity index (χ4n) is 1.02. The molecule has 0 bridgehead atoms. The van der Waals surface area contributed by atoms with Crippen molar-refractivity contribution >= 4 is 43.2 Å². The molecule has 0 aliphatic rings. The Morgan fingerprint density at radius 3 is 2.73 bits per heavy atom. The Morgan fingerprint density at radius 2 is 2.13 bits per heavy atom. The van der Waals surface area contributed by atoms with E-state index < -0.39 is 0 Å². The van der Waals surface area contributed by atoms with Gasteiger partial charge in [-0.25, -0.2) is 4.98 Å². The third-order valence-electron chi connectivity index (χ3n) is 1.76. The maximum atomic E-state index is 5.58. The first-order valence-corrected chi connectivity index (χ1v) is 6.68. The van der Waals surface area contributed by atoms with Crippen molar-refractivity contribution in [3.63, 3.8) is 0 Å². The third-order valence-corrected chi connectivity index (χ3v) is 4.13. The number of hydrogen-bond acceptors (Lipinski definition) is 3. The lowest BCUT2D eigenvalue weighted by Gasteiger charge is -2.04. The molecule has 0 N–H and O–H groups in total. The molecular formula is C10H7Br2NOS. The Bertz CT molecular complexity index is 441. The average molecular weight is 349 g/mol. The molecule has 0 aromatic carbocycles. The highest BCUT2D eigenvalue weighted by Crippen LogP contribution is 2.24. The van der Waals surface area contributed by atoms with Gasteiger partial charge in [0.1, 0.15) is 17.0 Å². The Kier molecular flexibility index (Phi) is 3.77. The summed E-state index contributed by atoms with van der Waals surface area (Å²) in [5, 5.41) is 2.03. The summed E-state index contributed by atoms with van der Waals surface area (Å²) < 4.78 is 7.49. The van der Waals surface area contributed by atoms with Crippen LogP contribution in [0.4, 0.5) is 0 Å². The first-order valence-electron chi connectivity index (χ1n) is 4.22. The second-order valence-corrected chi connectivity index (χ2v) is 5.46. The first kappa shape index (κ1) is 11.1. The van der Waals surface area contributed by atoms with Gasteiger partial charge in [-0.05, 0) is 55.4 Å². The zero-order chi connectivity index (χ0) is 10.7. The van der Waals surface area contributed by atoms with Crippen molar-refractivity contribution < 1.29 is 4.74 Å². The van der Waals surface area contributed by atoms with Crippen LogP contribution in [-0.2, 0) is 6.61 Å². The monoisotopic (exact) mass is 347 g/mol. The standard InChI is InChI=1S/C10H7Br2NOS/c11-8-3-4-15-9(8)6-14-7-1-2-10(12)13-5-7/h1-5H,6H2. The van der Waals surface area contributed by atoms with E-state index in [1.165, 1.54) is 4.88 Å². The summed E-state index contributed by atoms with van der Waals surface area (Å²) in [4.78, 5) is 5.26. The van der Waals surface area contributed by atoms with Gasteiger partial charge in [-0.1, -0.05) is 0 Å². The number of hydrogen-bond donors (Lipinski definition) is 0. The second kappa shape index (κ2) is 5.09. The van der Waals surface area contributed by atoms with Gasteiger partial charge in [0.05, 0.1) is 11.1 Å². The van der Waals surface area contributed by atoms with Crippen LogP contribution in [0.1, 0.15) is 4.88 Å². The average Bonchev–Trinajstić information content (AvgIpc) is 2.63. The van der Waals surface area contributed by atoms with E-state index in [1.807, 2.05) is 23.6 Å². The van der Waals surface area contributed by atoms with Crippen molar-refractivity contribution in [2.24, 2.45) is 0 Å². The normalized spacial score (nSPS) is 10.3. The van der Waals surface area contributed by atoms with Gasteiger partial charge in [-0.15, -0.1) is 11.3 Å². The highest BCUT2D eigenvalue weighted by atomic mass is 79.9. The van der Waals surface area contributed by atoms with Crippen molar-refractivity contribution in [2.45, 2.75) is 6.61 Å². The minimum absolute atomic E-state index is 0.571. The third kappa shape index (κ3) is 3.03. The van der Waals surface area contributed by atoms with E-state index in [-0.39, 0.29) is 0 Å². The molecule has 5 heteroatoms. The van der Waals surface area contributed by atoms with E-state index in [4.69, 9.17) is 4.74 Å². The predicted molar refractivity (Wildman–Crippen MR) is 68.3 cm³/mol. The second-order valence-electron chi connectivity index (χ2n) is 2.80. The lowest BCUT2D eigenvalue weighted by Crippen LogP contribution is -1.93. The van der Waals surface area contributed by atoms with Gasteiger partial charge >= 0.3 is 0 Å². The molecule has 0 aliphatic heterocycles. The van der Waals surface area contributed by atoms with Crippen molar-refractivity contribution in [3.05, 3.63) is 43.7 Å². The molecule has 0 aliphatic carbocycles. The van der Waals surface area contributed by atoms with E-state index in [0.29, 0.717) is 6.61 Å². The molecule has 78 valence electrons. The summed E-state index contributed by atoms with van der Waals surface area (Å²) in [7, 11) is 0. The zero-order valence-corrected chi connectivity index (χ0v) is 11.6. The molecule has 2 aromatic heterocycles. The maximum absolute atomic E-state index is 5.58. The first-order chi connectivity index (χ1) is 7.25. The molecule has 15 heavy (non-hydrogen) atoms. The van der Waals surface area contributed by atoms with Crippen LogP contribution in [0.5, 0.6) is 5.75 Å². The number of ether oxygens (including phenoxy) is 1. The molecule has 0 amide bonds. The Morgan fingerprint density at radius 1 is 1.27 bits per heavy atom. The van der Waals surface area contributed by atoms with Gasteiger partial charge in [0.15, 0.2) is 0 Å². The van der Waals surface area contributed by atoms with Crippen LogP contribution in [0.2, 0.25) is 0 Å². The van der Waals surface area contributed by atoms with Crippen molar-refractivity contribution in [1.29, 1.82) is 0 Å². The molecule has 2 heterocycles. The molecule has 0 saturated heterocycles. The topological polar surface area (TPSA) is 22.1 Å². The van der Waals surface area contributed by atoms with Crippen LogP contribution in [0.15, 0.2) is 38.9 Å². The van der Waals surface area contributed by atoms with Gasteiger partial charge in [0, 0.05) is 4.47 Å². The van der Waals surface area contributed by atoms with Crippen LogP contribution in [0.3, 0.4) is 0 Å². The van der Waals surface area contributed by atoms with Gasteiger partial charge in [-0.2, -0.15) is 0 Å². The highest BCUT2D eigenvalue weighted by Gasteiger charge is 2.02. The molecule has 0 spiro atoms. The maximum Gasteiger partial charge on any atom is 0.138 e. The summed E-state index contributed by atoms with van der Waals surface area (Å²) in [6, 6.07) is 5.76. The molecule has 0 radical (unpaired) electrons. The van der Waals surface area contributed by atoms with E-state index in [1.54, 1.807) is 17.5 Å². The Labute approximate surface area is 109 Å². The van der Waals surface area contributed by atoms with Crippen LogP contribution >= 0.6 is 43.2 Å². The smallest absolute Gasteiger partial charge is 0.138 e. The van der Waals surface area contributed by atoms with Crippen molar-refractivity contribution in [2.75, 3.05) is 0 Å². The van der Waals surface area contributed by atoms with E-state index in [0.717, 1.165) is 14.8 Å². The number of nitrogens with zero attached hydrogens (tertiary/aromatic N) is 1. The molecule has 2 rings (SSSR count). The molecule has 0 atom stereocenters. The molecule has 0 saturated carbocycles. The van der Waals surface area contributed by atoms with Gasteiger partial charge in [-0.3, -0.25) is 0 Å². The van der Waals surface area contributed by atoms with Crippen LogP contribution < -0.4 is 4.74 Å². The number of aromatic nitrogens is 1. The summed E-state index contributed by atoms with van der Waals surface area (Å²) in [5.41, 5.74) is 0. The fourth-order valence-corrected chi connectivity index (χ4v) is 2.64. The Balaban J connectivity index is 1.99. The molecule has 2 nitrogen and oxygen atoms in total. The fraction of sp³-hybridized carbons (Fsp3) is 0.100. The van der Waals surface area contributed by atoms with E-state index in [9.17, 15) is 0 Å². The highest BCUT2D eigenvalue weighted by molar-refractivity contribution is 9.10. The summed E-state index contributed by atoms with van der Waals surface area (Å²) in [6.45, 7) is 0.571. The minimum atomic E-state index is 0.571. The Hall–Kier alpha value is -0.390. The predicted octanol–water partition coefficient (Wildman–Crippen LogP) is 4.25. The largest absolute Gasteiger partial charge is 0.486 e. The van der Waals surface area contributed by atoms with Gasteiger partial charge < -0.3 is 4.74 Å². The van der Waals surface area contributed by atoms with E-state index in [2.05, 4.69) is 36.8 Å². The van der Waals surface area contributed by atoms with Gasteiger partial charge in [0.25, 0.3) is 0 Å². The lowest BCUT2D eigenvalue weighted by molar-refractivity contribution is 0.308. The molecular weight excluding hydrogens is 342 g/mol. The SMILES string of the molecule is Brc1ccc(OCc2sccc2Br)cn1. The number of thiophene rings is 1. The van der Waals surface area contributed by atoms with Crippen molar-refractivity contribution in [3.8, 4) is 5.75 Å². The van der Waals surface area contributed by atoms with Crippen LogP contribution in [0.25, 0.3) is 0 Å². The summed E-state index contributed by atoms with van der Waals surface area (Å²) in [6.07, 6.45) is 1.70. The molecule has 0 unspecified atom stereocenters. The number of rotatable bonds is 3. The zero-order valence-electron chi connectivity index (χ0n) is 7.61. The van der Waals surface area contributed by atoms with Crippen LogP contribution in [-0.4, -0.2) is 4.98 Å².